The molecular weight excluding hydrogens is 372 g/mol. The van der Waals surface area contributed by atoms with Crippen LogP contribution in [0.4, 0.5) is 0 Å². The van der Waals surface area contributed by atoms with E-state index in [0.717, 1.165) is 56.4 Å². The molecule has 0 unspecified atom stereocenters. The molecule has 2 aromatic rings. The van der Waals surface area contributed by atoms with Crippen molar-refractivity contribution < 1.29 is 9.47 Å². The van der Waals surface area contributed by atoms with Crippen molar-refractivity contribution in [3.05, 3.63) is 54.1 Å². The molecule has 6 nitrogen and oxygen atoms in total. The highest BCUT2D eigenvalue weighted by molar-refractivity contribution is 7.80. The summed E-state index contributed by atoms with van der Waals surface area (Å²) >= 11 is 5.72. The Kier molecular flexibility index (Phi) is 6.24. The van der Waals surface area contributed by atoms with Gasteiger partial charge in [-0.1, -0.05) is 6.07 Å². The zero-order chi connectivity index (χ0) is 19.3. The second-order valence-electron chi connectivity index (χ2n) is 7.39. The number of ether oxygens (including phenoxy) is 2. The van der Waals surface area contributed by atoms with Crippen LogP contribution in [0.5, 0.6) is 0 Å². The van der Waals surface area contributed by atoms with Gasteiger partial charge in [0, 0.05) is 51.5 Å². The van der Waals surface area contributed by atoms with Crippen molar-refractivity contribution in [1.82, 2.24) is 19.8 Å². The fourth-order valence-corrected chi connectivity index (χ4v) is 4.55. The van der Waals surface area contributed by atoms with Crippen LogP contribution in [0.25, 0.3) is 0 Å². The molecule has 7 heteroatoms. The van der Waals surface area contributed by atoms with Gasteiger partial charge in [-0.05, 0) is 55.7 Å². The summed E-state index contributed by atoms with van der Waals surface area (Å²) in [7, 11) is 1.74. The molecule has 0 bridgehead atoms. The first kappa shape index (κ1) is 19.4. The van der Waals surface area contributed by atoms with Crippen LogP contribution in [0, 0.1) is 0 Å². The minimum absolute atomic E-state index is 0.0226. The number of hydrogen-bond donors (Lipinski definition) is 1. The lowest BCUT2D eigenvalue weighted by atomic mass is 10.0. The third kappa shape index (κ3) is 4.06. The molecule has 2 fully saturated rings. The third-order valence-corrected chi connectivity index (χ3v) is 5.89. The van der Waals surface area contributed by atoms with Gasteiger partial charge in [0.25, 0.3) is 0 Å². The van der Waals surface area contributed by atoms with Gasteiger partial charge in [0.2, 0.25) is 0 Å². The molecule has 2 aliphatic heterocycles. The van der Waals surface area contributed by atoms with Crippen LogP contribution in [-0.4, -0.2) is 52.5 Å². The monoisotopic (exact) mass is 400 g/mol. The maximum Gasteiger partial charge on any atom is 0.170 e. The van der Waals surface area contributed by atoms with E-state index in [1.807, 2.05) is 18.3 Å². The summed E-state index contributed by atoms with van der Waals surface area (Å²) in [5.74, 6) is 0. The van der Waals surface area contributed by atoms with E-state index in [0.29, 0.717) is 6.10 Å². The lowest BCUT2D eigenvalue weighted by Crippen LogP contribution is -2.32. The predicted octanol–water partition coefficient (Wildman–Crippen LogP) is 3.07. The highest BCUT2D eigenvalue weighted by Crippen LogP contribution is 2.39. The third-order valence-electron chi connectivity index (χ3n) is 5.54. The van der Waals surface area contributed by atoms with Gasteiger partial charge in [0.1, 0.15) is 0 Å². The van der Waals surface area contributed by atoms with Gasteiger partial charge < -0.3 is 24.3 Å². The van der Waals surface area contributed by atoms with Crippen LogP contribution < -0.4 is 5.32 Å². The second kappa shape index (κ2) is 9.03. The number of nitrogens with zero attached hydrogens (tertiary/aromatic N) is 3. The fraction of sp³-hybridized carbons (Fsp3) is 0.524. The van der Waals surface area contributed by atoms with E-state index in [2.05, 4.69) is 44.2 Å². The summed E-state index contributed by atoms with van der Waals surface area (Å²) in [6.07, 6.45) is 7.49. The van der Waals surface area contributed by atoms with E-state index in [1.165, 1.54) is 5.69 Å². The fourth-order valence-electron chi connectivity index (χ4n) is 4.22. The number of hydrogen-bond acceptors (Lipinski definition) is 4. The van der Waals surface area contributed by atoms with Gasteiger partial charge >= 0.3 is 0 Å². The van der Waals surface area contributed by atoms with Gasteiger partial charge in [0.05, 0.1) is 23.9 Å². The van der Waals surface area contributed by atoms with Crippen molar-refractivity contribution in [3.63, 3.8) is 0 Å². The molecule has 1 N–H and O–H groups in total. The summed E-state index contributed by atoms with van der Waals surface area (Å²) in [6, 6.07) is 10.5. The Morgan fingerprint density at radius 1 is 1.32 bits per heavy atom. The molecule has 0 amide bonds. The van der Waals surface area contributed by atoms with Gasteiger partial charge in [-0.15, -0.1) is 0 Å². The van der Waals surface area contributed by atoms with E-state index in [-0.39, 0.29) is 12.1 Å². The minimum atomic E-state index is 0.0226. The van der Waals surface area contributed by atoms with E-state index in [9.17, 15) is 0 Å². The lowest BCUT2D eigenvalue weighted by Gasteiger charge is -2.29. The average Bonchev–Trinajstić information content (AvgIpc) is 3.45. The SMILES string of the molecule is COCCCN1C(=S)N[C@H](c2ccccn2)[C@@H]1c1cccn1C[C@H]1CCCO1. The van der Waals surface area contributed by atoms with Crippen LogP contribution in [0.2, 0.25) is 0 Å². The highest BCUT2D eigenvalue weighted by atomic mass is 32.1. The van der Waals surface area contributed by atoms with Crippen LogP contribution in [0.3, 0.4) is 0 Å². The first-order chi connectivity index (χ1) is 13.8. The summed E-state index contributed by atoms with van der Waals surface area (Å²) in [4.78, 5) is 6.90. The van der Waals surface area contributed by atoms with Crippen LogP contribution >= 0.6 is 12.2 Å². The maximum absolute atomic E-state index is 5.88. The van der Waals surface area contributed by atoms with E-state index < -0.39 is 0 Å². The van der Waals surface area contributed by atoms with E-state index >= 15 is 0 Å². The van der Waals surface area contributed by atoms with Crippen LogP contribution in [0.15, 0.2) is 42.7 Å². The maximum atomic E-state index is 5.88. The summed E-state index contributed by atoms with van der Waals surface area (Å²) in [6.45, 7) is 3.32. The first-order valence-corrected chi connectivity index (χ1v) is 10.4. The summed E-state index contributed by atoms with van der Waals surface area (Å²) < 4.78 is 13.5. The van der Waals surface area contributed by atoms with Gasteiger partial charge in [-0.3, -0.25) is 4.98 Å². The van der Waals surface area contributed by atoms with Crippen molar-refractivity contribution in [1.29, 1.82) is 0 Å². The molecule has 0 spiro atoms. The lowest BCUT2D eigenvalue weighted by molar-refractivity contribution is 0.0952. The van der Waals surface area contributed by atoms with Crippen molar-refractivity contribution in [2.75, 3.05) is 26.9 Å². The van der Waals surface area contributed by atoms with E-state index in [4.69, 9.17) is 21.7 Å². The Labute approximate surface area is 171 Å². The highest BCUT2D eigenvalue weighted by Gasteiger charge is 2.41. The first-order valence-electron chi connectivity index (χ1n) is 10.0. The van der Waals surface area contributed by atoms with Crippen LogP contribution in [-0.2, 0) is 16.0 Å². The molecule has 4 rings (SSSR count). The Morgan fingerprint density at radius 2 is 2.25 bits per heavy atom. The Hall–Kier alpha value is -1.96. The predicted molar refractivity (Wildman–Crippen MR) is 112 cm³/mol. The van der Waals surface area contributed by atoms with Crippen molar-refractivity contribution >= 4 is 17.3 Å². The van der Waals surface area contributed by atoms with Crippen LogP contribution in [0.1, 0.15) is 42.7 Å². The quantitative estimate of drug-likeness (QED) is 0.543. The number of pyridine rings is 1. The topological polar surface area (TPSA) is 51.5 Å². The number of aromatic nitrogens is 2. The normalized spacial score (nSPS) is 24.7. The Morgan fingerprint density at radius 3 is 3.00 bits per heavy atom. The summed E-state index contributed by atoms with van der Waals surface area (Å²) in [5, 5.41) is 4.30. The van der Waals surface area contributed by atoms with Gasteiger partial charge in [-0.25, -0.2) is 0 Å². The smallest absolute Gasteiger partial charge is 0.170 e. The number of nitrogens with one attached hydrogen (secondary N) is 1. The molecule has 150 valence electrons. The molecule has 2 saturated heterocycles. The standard InChI is InChI=1S/C21H28N4O2S/c1-26-13-6-12-25-20(19(23-21(25)28)17-8-2-3-10-22-17)18-9-4-11-24(18)15-16-7-5-14-27-16/h2-4,8-11,16,19-20H,5-7,12-15H2,1H3,(H,23,28)/t16-,19-,20+/m1/s1. The van der Waals surface area contributed by atoms with Crippen molar-refractivity contribution in [2.24, 2.45) is 0 Å². The van der Waals surface area contributed by atoms with Crippen molar-refractivity contribution in [3.8, 4) is 0 Å². The molecule has 2 aromatic heterocycles. The molecule has 0 saturated carbocycles. The molecular formula is C21H28N4O2S. The largest absolute Gasteiger partial charge is 0.385 e. The average molecular weight is 401 g/mol. The zero-order valence-electron chi connectivity index (χ0n) is 16.3. The van der Waals surface area contributed by atoms with Gasteiger partial charge in [-0.2, -0.15) is 0 Å². The molecule has 28 heavy (non-hydrogen) atoms. The molecule has 2 aliphatic rings. The Bertz CT molecular complexity index is 776. The Balaban J connectivity index is 1.64. The molecule has 4 heterocycles. The van der Waals surface area contributed by atoms with Gasteiger partial charge in [0.15, 0.2) is 5.11 Å². The molecule has 3 atom stereocenters. The van der Waals surface area contributed by atoms with E-state index in [1.54, 1.807) is 7.11 Å². The molecule has 0 radical (unpaired) electrons. The number of methoxy groups -OCH3 is 1. The number of thiocarbonyl (C=S) groups is 1. The summed E-state index contributed by atoms with van der Waals surface area (Å²) in [5.41, 5.74) is 2.25. The minimum Gasteiger partial charge on any atom is -0.385 e. The molecule has 0 aromatic carbocycles. The number of rotatable bonds is 8. The zero-order valence-corrected chi connectivity index (χ0v) is 17.1. The molecule has 0 aliphatic carbocycles. The second-order valence-corrected chi connectivity index (χ2v) is 7.77. The van der Waals surface area contributed by atoms with Crippen molar-refractivity contribution in [2.45, 2.75) is 44.0 Å².